The number of pyridine rings is 1. The summed E-state index contributed by atoms with van der Waals surface area (Å²) in [7, 11) is 0. The van der Waals surface area contributed by atoms with Crippen LogP contribution in [-0.4, -0.2) is 0 Å². The molecule has 0 amide bonds. The maximum atomic E-state index is 3.72. The average molecular weight is 134 g/mol. The monoisotopic (exact) mass is 134 g/mol. The molecular weight excluding hydrogens is 122 g/mol. The molecule has 0 unspecified atom stereocenters. The highest BCUT2D eigenvalue weighted by molar-refractivity contribution is 5.36. The quantitative estimate of drug-likeness (QED) is 0.541. The molecule has 0 N–H and O–H groups in total. The number of hydrogen-bond donors (Lipinski definition) is 0. The van der Waals surface area contributed by atoms with Gasteiger partial charge in [0.15, 0.2) is 6.20 Å². The Balaban J connectivity index is 3.08. The van der Waals surface area contributed by atoms with E-state index < -0.39 is 0 Å². The molecule has 1 aromatic heterocycles. The molecule has 0 fully saturated rings. The van der Waals surface area contributed by atoms with Crippen LogP contribution in [0.5, 0.6) is 0 Å². The molecule has 0 aromatic carbocycles. The summed E-state index contributed by atoms with van der Waals surface area (Å²) in [5, 5.41) is 0. The summed E-state index contributed by atoms with van der Waals surface area (Å²) < 4.78 is 2.15. The van der Waals surface area contributed by atoms with Gasteiger partial charge in [-0.2, -0.15) is 4.57 Å². The lowest BCUT2D eigenvalue weighted by Crippen LogP contribution is -2.34. The lowest BCUT2D eigenvalue weighted by atomic mass is 10.3. The largest absolute Gasteiger partial charge is 0.204 e. The molecule has 0 atom stereocenters. The summed E-state index contributed by atoms with van der Waals surface area (Å²) in [6.45, 7) is 6.84. The Hall–Kier alpha value is -1.11. The van der Waals surface area contributed by atoms with Crippen molar-refractivity contribution < 1.29 is 4.57 Å². The van der Waals surface area contributed by atoms with Crippen LogP contribution in [0.3, 0.4) is 0 Å². The van der Waals surface area contributed by atoms with Crippen LogP contribution in [0.25, 0.3) is 6.08 Å². The zero-order valence-electron chi connectivity index (χ0n) is 6.25. The zero-order valence-corrected chi connectivity index (χ0v) is 6.25. The molecule has 1 nitrogen and oxygen atoms in total. The maximum Gasteiger partial charge on any atom is 0.204 e. The van der Waals surface area contributed by atoms with Gasteiger partial charge in [-0.25, -0.2) is 0 Å². The molecule has 1 heterocycles. The van der Waals surface area contributed by atoms with Crippen LogP contribution >= 0.6 is 0 Å². The molecule has 0 radical (unpaired) electrons. The third-order valence-corrected chi connectivity index (χ3v) is 1.53. The van der Waals surface area contributed by atoms with E-state index >= 15 is 0 Å². The molecule has 0 spiro atoms. The highest BCUT2D eigenvalue weighted by Gasteiger charge is 1.99. The third kappa shape index (κ3) is 1.24. The first-order chi connectivity index (χ1) is 4.88. The smallest absolute Gasteiger partial charge is 0.199 e. The third-order valence-electron chi connectivity index (χ3n) is 1.53. The molecule has 0 saturated carbocycles. The van der Waals surface area contributed by atoms with Crippen LogP contribution in [0.1, 0.15) is 12.6 Å². The maximum absolute atomic E-state index is 3.72. The molecule has 0 aliphatic carbocycles. The second kappa shape index (κ2) is 3.16. The van der Waals surface area contributed by atoms with Crippen LogP contribution in [-0.2, 0) is 6.54 Å². The Bertz CT molecular complexity index is 228. The van der Waals surface area contributed by atoms with Crippen molar-refractivity contribution in [3.63, 3.8) is 0 Å². The van der Waals surface area contributed by atoms with Gasteiger partial charge >= 0.3 is 0 Å². The molecule has 0 saturated heterocycles. The van der Waals surface area contributed by atoms with E-state index in [-0.39, 0.29) is 0 Å². The van der Waals surface area contributed by atoms with Crippen LogP contribution in [0.4, 0.5) is 0 Å². The highest BCUT2D eigenvalue weighted by Crippen LogP contribution is 1.91. The molecule has 1 rings (SSSR count). The topological polar surface area (TPSA) is 3.88 Å². The van der Waals surface area contributed by atoms with Crippen molar-refractivity contribution >= 4 is 6.08 Å². The Kier molecular flexibility index (Phi) is 2.21. The normalized spacial score (nSPS) is 9.30. The van der Waals surface area contributed by atoms with Crippen LogP contribution in [0.2, 0.25) is 0 Å². The molecule has 0 bridgehead atoms. The van der Waals surface area contributed by atoms with Crippen molar-refractivity contribution in [3.05, 3.63) is 36.7 Å². The average Bonchev–Trinajstić information content (AvgIpc) is 2.04. The predicted molar refractivity (Wildman–Crippen MR) is 42.4 cm³/mol. The van der Waals surface area contributed by atoms with Crippen LogP contribution < -0.4 is 4.57 Å². The second-order valence-electron chi connectivity index (χ2n) is 2.12. The van der Waals surface area contributed by atoms with Crippen LogP contribution in [0, 0.1) is 0 Å². The molecule has 10 heavy (non-hydrogen) atoms. The zero-order chi connectivity index (χ0) is 7.40. The van der Waals surface area contributed by atoms with E-state index in [2.05, 4.69) is 30.3 Å². The molecule has 0 aliphatic rings. The predicted octanol–water partition coefficient (Wildman–Crippen LogP) is 1.64. The first kappa shape index (κ1) is 7.00. The van der Waals surface area contributed by atoms with E-state index in [1.165, 1.54) is 5.69 Å². The summed E-state index contributed by atoms with van der Waals surface area (Å²) in [4.78, 5) is 0. The Labute approximate surface area is 61.6 Å². The first-order valence-corrected chi connectivity index (χ1v) is 3.49. The fourth-order valence-corrected chi connectivity index (χ4v) is 0.963. The number of aryl methyl sites for hydroxylation is 1. The van der Waals surface area contributed by atoms with Gasteiger partial charge in [-0.3, -0.25) is 0 Å². The van der Waals surface area contributed by atoms with Crippen molar-refractivity contribution in [1.82, 2.24) is 0 Å². The molecule has 1 aromatic rings. The van der Waals surface area contributed by atoms with E-state index in [1.807, 2.05) is 18.2 Å². The second-order valence-corrected chi connectivity index (χ2v) is 2.12. The number of nitrogens with zero attached hydrogens (tertiary/aromatic N) is 1. The Morgan fingerprint density at radius 2 is 2.40 bits per heavy atom. The van der Waals surface area contributed by atoms with Crippen molar-refractivity contribution in [2.45, 2.75) is 13.5 Å². The molecule has 52 valence electrons. The highest BCUT2D eigenvalue weighted by atomic mass is 14.9. The number of aromatic nitrogens is 1. The van der Waals surface area contributed by atoms with Crippen molar-refractivity contribution in [1.29, 1.82) is 0 Å². The summed E-state index contributed by atoms with van der Waals surface area (Å²) in [6, 6.07) is 6.09. The summed E-state index contributed by atoms with van der Waals surface area (Å²) >= 11 is 0. The molecule has 1 heteroatoms. The van der Waals surface area contributed by atoms with Crippen LogP contribution in [0.15, 0.2) is 31.0 Å². The van der Waals surface area contributed by atoms with Crippen molar-refractivity contribution in [2.75, 3.05) is 0 Å². The lowest BCUT2D eigenvalue weighted by molar-refractivity contribution is -0.695. The minimum atomic E-state index is 1.00. The van der Waals surface area contributed by atoms with Gasteiger partial charge in [0.1, 0.15) is 6.54 Å². The Morgan fingerprint density at radius 3 is 2.90 bits per heavy atom. The van der Waals surface area contributed by atoms with E-state index in [9.17, 15) is 0 Å². The van der Waals surface area contributed by atoms with Gasteiger partial charge in [-0.15, -0.1) is 0 Å². The van der Waals surface area contributed by atoms with Gasteiger partial charge in [0.05, 0.1) is 0 Å². The van der Waals surface area contributed by atoms with E-state index in [4.69, 9.17) is 0 Å². The van der Waals surface area contributed by atoms with Crippen molar-refractivity contribution in [3.8, 4) is 0 Å². The van der Waals surface area contributed by atoms with Gasteiger partial charge in [0.2, 0.25) is 5.69 Å². The fraction of sp³-hybridized carbons (Fsp3) is 0.222. The van der Waals surface area contributed by atoms with Gasteiger partial charge in [0.25, 0.3) is 0 Å². The molecule has 0 aliphatic heterocycles. The van der Waals surface area contributed by atoms with E-state index in [1.54, 1.807) is 0 Å². The Morgan fingerprint density at radius 1 is 1.60 bits per heavy atom. The van der Waals surface area contributed by atoms with Crippen molar-refractivity contribution in [2.24, 2.45) is 0 Å². The summed E-state index contributed by atoms with van der Waals surface area (Å²) in [5.74, 6) is 0. The van der Waals surface area contributed by atoms with Gasteiger partial charge in [-0.05, 0) is 13.0 Å². The number of rotatable bonds is 2. The van der Waals surface area contributed by atoms with Gasteiger partial charge in [-0.1, -0.05) is 6.58 Å². The van der Waals surface area contributed by atoms with Gasteiger partial charge in [0, 0.05) is 18.2 Å². The molecular formula is C9H12N+. The van der Waals surface area contributed by atoms with Gasteiger partial charge < -0.3 is 0 Å². The van der Waals surface area contributed by atoms with E-state index in [0.717, 1.165) is 6.54 Å². The first-order valence-electron chi connectivity index (χ1n) is 3.49. The fourth-order valence-electron chi connectivity index (χ4n) is 0.963. The minimum Gasteiger partial charge on any atom is -0.199 e. The summed E-state index contributed by atoms with van der Waals surface area (Å²) in [5.41, 5.74) is 1.17. The summed E-state index contributed by atoms with van der Waals surface area (Å²) in [6.07, 6.45) is 3.92. The number of hydrogen-bond acceptors (Lipinski definition) is 0. The minimum absolute atomic E-state index is 1.00. The standard InChI is InChI=1S/C9H12N/c1-3-9-7-5-6-8-10(9)4-2/h3,5-8H,1,4H2,2H3/q+1. The van der Waals surface area contributed by atoms with E-state index in [0.29, 0.717) is 0 Å². The SMILES string of the molecule is C=Cc1cccc[n+]1CC. The lowest BCUT2D eigenvalue weighted by Gasteiger charge is -1.93.